The van der Waals surface area contributed by atoms with Gasteiger partial charge in [0.1, 0.15) is 5.01 Å². The van der Waals surface area contributed by atoms with Crippen LogP contribution in [-0.4, -0.2) is 59.4 Å². The Bertz CT molecular complexity index is 934. The molecule has 28 heavy (non-hydrogen) atoms. The number of fused-ring (bicyclic) bond motifs is 2. The number of amides is 1. The van der Waals surface area contributed by atoms with Gasteiger partial charge >= 0.3 is 0 Å². The lowest BCUT2D eigenvalue weighted by molar-refractivity contribution is 0.0628. The van der Waals surface area contributed by atoms with E-state index in [9.17, 15) is 9.59 Å². The Balaban J connectivity index is 1.20. The number of ketones is 1. The lowest BCUT2D eigenvalue weighted by Crippen LogP contribution is -2.48. The molecule has 0 unspecified atom stereocenters. The van der Waals surface area contributed by atoms with E-state index in [2.05, 4.69) is 9.88 Å². The van der Waals surface area contributed by atoms with Gasteiger partial charge in [-0.1, -0.05) is 0 Å². The van der Waals surface area contributed by atoms with Crippen molar-refractivity contribution in [3.8, 4) is 11.5 Å². The Kier molecular flexibility index (Phi) is 4.52. The summed E-state index contributed by atoms with van der Waals surface area (Å²) in [6.45, 7) is 3.91. The maximum absolute atomic E-state index is 12.8. The van der Waals surface area contributed by atoms with Gasteiger partial charge in [0.05, 0.1) is 17.1 Å². The highest BCUT2D eigenvalue weighted by Gasteiger charge is 2.26. The molecule has 1 aromatic carbocycles. The van der Waals surface area contributed by atoms with Gasteiger partial charge in [-0.25, -0.2) is 4.98 Å². The van der Waals surface area contributed by atoms with Crippen molar-refractivity contribution < 1.29 is 19.1 Å². The smallest absolute Gasteiger partial charge is 0.254 e. The monoisotopic (exact) mass is 399 g/mol. The van der Waals surface area contributed by atoms with Gasteiger partial charge < -0.3 is 14.4 Å². The number of benzene rings is 1. The highest BCUT2D eigenvalue weighted by molar-refractivity contribution is 7.13. The van der Waals surface area contributed by atoms with Crippen LogP contribution >= 0.6 is 11.3 Å². The number of rotatable bonds is 3. The Morgan fingerprint density at radius 3 is 2.75 bits per heavy atom. The third-order valence-electron chi connectivity index (χ3n) is 5.45. The van der Waals surface area contributed by atoms with E-state index in [1.807, 2.05) is 4.90 Å². The van der Waals surface area contributed by atoms with Crippen LogP contribution in [0.2, 0.25) is 0 Å². The summed E-state index contributed by atoms with van der Waals surface area (Å²) in [4.78, 5) is 34.5. The second kappa shape index (κ2) is 7.18. The van der Waals surface area contributed by atoms with Crippen LogP contribution in [0.5, 0.6) is 11.5 Å². The molecule has 3 aliphatic rings. The minimum Gasteiger partial charge on any atom is -0.454 e. The molecule has 1 fully saturated rings. The van der Waals surface area contributed by atoms with Gasteiger partial charge in [0.15, 0.2) is 17.3 Å². The molecule has 0 radical (unpaired) electrons. The van der Waals surface area contributed by atoms with Crippen molar-refractivity contribution >= 4 is 23.0 Å². The number of carbonyl (C=O) groups excluding carboxylic acids is 2. The Morgan fingerprint density at radius 2 is 1.93 bits per heavy atom. The van der Waals surface area contributed by atoms with Crippen molar-refractivity contribution in [2.24, 2.45) is 0 Å². The normalized spacial score (nSPS) is 19.0. The average Bonchev–Trinajstić information content (AvgIpc) is 3.34. The molecule has 2 aromatic rings. The number of aryl methyl sites for hydroxylation is 1. The molecule has 0 spiro atoms. The van der Waals surface area contributed by atoms with Gasteiger partial charge in [0.2, 0.25) is 6.79 Å². The second-order valence-corrected chi connectivity index (χ2v) is 8.38. The minimum atomic E-state index is 0.0215. The zero-order valence-corrected chi connectivity index (χ0v) is 16.3. The highest BCUT2D eigenvalue weighted by Crippen LogP contribution is 2.33. The van der Waals surface area contributed by atoms with Crippen molar-refractivity contribution in [3.63, 3.8) is 0 Å². The third-order valence-corrected chi connectivity index (χ3v) is 6.57. The van der Waals surface area contributed by atoms with Crippen LogP contribution in [0, 0.1) is 0 Å². The molecule has 8 heteroatoms. The summed E-state index contributed by atoms with van der Waals surface area (Å²) >= 11 is 1.54. The van der Waals surface area contributed by atoms with Crippen molar-refractivity contribution in [1.29, 1.82) is 0 Å². The van der Waals surface area contributed by atoms with Crippen LogP contribution in [0.25, 0.3) is 0 Å². The summed E-state index contributed by atoms with van der Waals surface area (Å²) in [5, 5.41) is 1.01. The molecule has 1 aromatic heterocycles. The van der Waals surface area contributed by atoms with E-state index in [0.717, 1.165) is 48.1 Å². The molecular formula is C20H21N3O4S. The second-order valence-electron chi connectivity index (χ2n) is 7.30. The van der Waals surface area contributed by atoms with Crippen LogP contribution in [-0.2, 0) is 13.0 Å². The topological polar surface area (TPSA) is 72.0 Å². The summed E-state index contributed by atoms with van der Waals surface area (Å²) in [6.07, 6.45) is 2.47. The van der Waals surface area contributed by atoms with Crippen molar-refractivity contribution in [1.82, 2.24) is 14.8 Å². The standard InChI is InChI=1S/C20H21N3O4S/c24-15-3-1-2-14-19(15)28-18(21-14)11-22-6-8-23(9-7-22)20(25)13-4-5-16-17(10-13)27-12-26-16/h4-5,10H,1-3,6-9,11-12H2. The first-order chi connectivity index (χ1) is 13.7. The number of aromatic nitrogens is 1. The van der Waals surface area contributed by atoms with Crippen LogP contribution in [0.15, 0.2) is 18.2 Å². The van der Waals surface area contributed by atoms with Crippen molar-refractivity contribution in [3.05, 3.63) is 39.3 Å². The molecular weight excluding hydrogens is 378 g/mol. The molecule has 7 nitrogen and oxygen atoms in total. The molecule has 5 rings (SSSR count). The zero-order chi connectivity index (χ0) is 19.1. The summed E-state index contributed by atoms with van der Waals surface area (Å²) in [5.74, 6) is 1.58. The molecule has 1 saturated heterocycles. The van der Waals surface area contributed by atoms with E-state index in [1.54, 1.807) is 29.5 Å². The van der Waals surface area contributed by atoms with E-state index in [4.69, 9.17) is 9.47 Å². The van der Waals surface area contributed by atoms with Crippen LogP contribution in [0.3, 0.4) is 0 Å². The fraction of sp³-hybridized carbons (Fsp3) is 0.450. The van der Waals surface area contributed by atoms with Gasteiger partial charge in [0, 0.05) is 38.2 Å². The SMILES string of the molecule is O=C1CCCc2nc(CN3CCN(C(=O)c4ccc5c(c4)OCO5)CC3)sc21. The van der Waals surface area contributed by atoms with Gasteiger partial charge in [-0.15, -0.1) is 11.3 Å². The lowest BCUT2D eigenvalue weighted by atomic mass is 10.0. The number of hydrogen-bond acceptors (Lipinski definition) is 7. The Labute approximate surface area is 166 Å². The molecule has 1 amide bonds. The molecule has 0 atom stereocenters. The molecule has 2 aliphatic heterocycles. The number of hydrogen-bond donors (Lipinski definition) is 0. The summed E-state index contributed by atoms with van der Waals surface area (Å²) in [6, 6.07) is 5.34. The fourth-order valence-corrected chi connectivity index (χ4v) is 5.02. The minimum absolute atomic E-state index is 0.0215. The largest absolute Gasteiger partial charge is 0.454 e. The number of ether oxygens (including phenoxy) is 2. The third kappa shape index (κ3) is 3.27. The molecule has 3 heterocycles. The van der Waals surface area contributed by atoms with Crippen molar-refractivity contribution in [2.45, 2.75) is 25.8 Å². The van der Waals surface area contributed by atoms with E-state index >= 15 is 0 Å². The fourth-order valence-electron chi connectivity index (χ4n) is 3.90. The Hall–Kier alpha value is -2.45. The lowest BCUT2D eigenvalue weighted by Gasteiger charge is -2.34. The van der Waals surface area contributed by atoms with Gasteiger partial charge in [-0.2, -0.15) is 0 Å². The molecule has 146 valence electrons. The average molecular weight is 399 g/mol. The van der Waals surface area contributed by atoms with Crippen LogP contribution in [0.4, 0.5) is 0 Å². The molecule has 1 aliphatic carbocycles. The van der Waals surface area contributed by atoms with E-state index in [1.165, 1.54) is 0 Å². The maximum Gasteiger partial charge on any atom is 0.254 e. The Morgan fingerprint density at radius 1 is 1.11 bits per heavy atom. The first kappa shape index (κ1) is 17.6. The zero-order valence-electron chi connectivity index (χ0n) is 15.5. The quantitative estimate of drug-likeness (QED) is 0.789. The molecule has 0 saturated carbocycles. The predicted molar refractivity (Wildman–Crippen MR) is 103 cm³/mol. The van der Waals surface area contributed by atoms with Crippen LogP contribution in [0.1, 0.15) is 43.6 Å². The number of nitrogens with zero attached hydrogens (tertiary/aromatic N) is 3. The van der Waals surface area contributed by atoms with Gasteiger partial charge in [0.25, 0.3) is 5.91 Å². The van der Waals surface area contributed by atoms with Crippen molar-refractivity contribution in [2.75, 3.05) is 33.0 Å². The first-order valence-corrected chi connectivity index (χ1v) is 10.4. The number of piperazine rings is 1. The molecule has 0 N–H and O–H groups in total. The first-order valence-electron chi connectivity index (χ1n) is 9.60. The predicted octanol–water partition coefficient (Wildman–Crippen LogP) is 2.35. The summed E-state index contributed by atoms with van der Waals surface area (Å²) in [5.41, 5.74) is 1.61. The van der Waals surface area contributed by atoms with E-state index < -0.39 is 0 Å². The number of Topliss-reactive ketones (excluding diaryl/α,β-unsaturated/α-hetero) is 1. The van der Waals surface area contributed by atoms with E-state index in [0.29, 0.717) is 36.6 Å². The van der Waals surface area contributed by atoms with Crippen LogP contribution < -0.4 is 9.47 Å². The summed E-state index contributed by atoms with van der Waals surface area (Å²) < 4.78 is 10.7. The van der Waals surface area contributed by atoms with Gasteiger partial charge in [-0.05, 0) is 31.0 Å². The number of carbonyl (C=O) groups is 2. The molecule has 0 bridgehead atoms. The maximum atomic E-state index is 12.8. The van der Waals surface area contributed by atoms with E-state index in [-0.39, 0.29) is 18.5 Å². The number of thiazole rings is 1. The highest BCUT2D eigenvalue weighted by atomic mass is 32.1. The van der Waals surface area contributed by atoms with Gasteiger partial charge in [-0.3, -0.25) is 14.5 Å². The summed E-state index contributed by atoms with van der Waals surface area (Å²) in [7, 11) is 0.